The molecule has 11 heavy (non-hydrogen) atoms. The third kappa shape index (κ3) is 7.85. The number of rotatable bonds is 6. The van der Waals surface area contributed by atoms with E-state index < -0.39 is 5.97 Å². The summed E-state index contributed by atoms with van der Waals surface area (Å²) >= 11 is 3.50. The molecule has 3 heteroatoms. The fourth-order valence-corrected chi connectivity index (χ4v) is 1.17. The van der Waals surface area contributed by atoms with Crippen LogP contribution in [0.25, 0.3) is 0 Å². The number of aliphatic carboxylic acids is 1. The van der Waals surface area contributed by atoms with Gasteiger partial charge >= 0.3 is 5.97 Å². The van der Waals surface area contributed by atoms with Crippen LogP contribution in [0, 0.1) is 0 Å². The van der Waals surface area contributed by atoms with Crippen molar-refractivity contribution in [1.29, 1.82) is 0 Å². The lowest BCUT2D eigenvalue weighted by molar-refractivity contribution is -0.137. The largest absolute Gasteiger partial charge is 0.481 e. The third-order valence-corrected chi connectivity index (χ3v) is 2.71. The first-order chi connectivity index (χ1) is 5.16. The molecule has 0 saturated heterocycles. The van der Waals surface area contributed by atoms with E-state index in [1.807, 2.05) is 0 Å². The number of alkyl halides is 1. The lowest BCUT2D eigenvalue weighted by Crippen LogP contribution is -1.97. The van der Waals surface area contributed by atoms with Crippen molar-refractivity contribution in [3.63, 3.8) is 0 Å². The first kappa shape index (κ1) is 11.0. The fraction of sp³-hybridized carbons (Fsp3) is 0.875. The van der Waals surface area contributed by atoms with E-state index in [9.17, 15) is 4.79 Å². The van der Waals surface area contributed by atoms with Crippen molar-refractivity contribution < 1.29 is 9.90 Å². The molecule has 0 spiro atoms. The van der Waals surface area contributed by atoms with Gasteiger partial charge < -0.3 is 5.11 Å². The Hall–Kier alpha value is -0.0500. The van der Waals surface area contributed by atoms with E-state index >= 15 is 0 Å². The predicted molar refractivity (Wildman–Crippen MR) is 49.1 cm³/mol. The Balaban J connectivity index is 3.08. The summed E-state index contributed by atoms with van der Waals surface area (Å²) < 4.78 is 0. The Morgan fingerprint density at radius 2 is 2.18 bits per heavy atom. The van der Waals surface area contributed by atoms with E-state index in [2.05, 4.69) is 22.9 Å². The number of unbranched alkanes of at least 4 members (excludes halogenated alkanes) is 1. The van der Waals surface area contributed by atoms with Gasteiger partial charge in [0.1, 0.15) is 0 Å². The van der Waals surface area contributed by atoms with E-state index in [1.54, 1.807) is 0 Å². The number of hydrogen-bond acceptors (Lipinski definition) is 1. The minimum Gasteiger partial charge on any atom is -0.481 e. The summed E-state index contributed by atoms with van der Waals surface area (Å²) in [6, 6.07) is 0. The highest BCUT2D eigenvalue weighted by Gasteiger charge is 2.01. The number of carboxylic acid groups (broad SMARTS) is 1. The van der Waals surface area contributed by atoms with Crippen LogP contribution in [0.4, 0.5) is 0 Å². The molecule has 0 heterocycles. The molecule has 0 aromatic rings. The van der Waals surface area contributed by atoms with Crippen LogP contribution in [-0.4, -0.2) is 15.9 Å². The minimum absolute atomic E-state index is 0.309. The lowest BCUT2D eigenvalue weighted by atomic mass is 10.1. The Bertz CT molecular complexity index is 115. The van der Waals surface area contributed by atoms with E-state index in [0.717, 1.165) is 25.7 Å². The summed E-state index contributed by atoms with van der Waals surface area (Å²) in [5, 5.41) is 8.32. The molecule has 0 aromatic heterocycles. The van der Waals surface area contributed by atoms with Crippen LogP contribution in [0.1, 0.15) is 39.0 Å². The maximum Gasteiger partial charge on any atom is 0.303 e. The first-order valence-corrected chi connectivity index (χ1v) is 4.94. The van der Waals surface area contributed by atoms with Crippen molar-refractivity contribution in [2.75, 3.05) is 0 Å². The third-order valence-electron chi connectivity index (χ3n) is 1.60. The quantitative estimate of drug-likeness (QED) is 0.555. The van der Waals surface area contributed by atoms with Gasteiger partial charge in [0.25, 0.3) is 0 Å². The second-order valence-electron chi connectivity index (χ2n) is 2.65. The molecule has 0 aromatic carbocycles. The number of carbonyl (C=O) groups is 1. The molecule has 1 unspecified atom stereocenters. The second-order valence-corrected chi connectivity index (χ2v) is 3.94. The molecule has 1 atom stereocenters. The van der Waals surface area contributed by atoms with Crippen LogP contribution in [0.2, 0.25) is 0 Å². The molecular weight excluding hydrogens is 208 g/mol. The Kier molecular flexibility index (Phi) is 6.62. The maximum atomic E-state index is 10.1. The molecule has 1 N–H and O–H groups in total. The van der Waals surface area contributed by atoms with E-state index in [0.29, 0.717) is 11.2 Å². The van der Waals surface area contributed by atoms with Crippen molar-refractivity contribution in [1.82, 2.24) is 0 Å². The summed E-state index contributed by atoms with van der Waals surface area (Å²) in [6.45, 7) is 2.12. The van der Waals surface area contributed by atoms with Crippen molar-refractivity contribution in [2.45, 2.75) is 43.9 Å². The Labute approximate surface area is 76.1 Å². The van der Waals surface area contributed by atoms with Crippen LogP contribution in [-0.2, 0) is 4.79 Å². The van der Waals surface area contributed by atoms with E-state index in [4.69, 9.17) is 5.11 Å². The highest BCUT2D eigenvalue weighted by molar-refractivity contribution is 9.09. The van der Waals surface area contributed by atoms with Gasteiger partial charge in [-0.15, -0.1) is 0 Å². The van der Waals surface area contributed by atoms with Crippen LogP contribution >= 0.6 is 15.9 Å². The molecule has 0 fully saturated rings. The zero-order valence-electron chi connectivity index (χ0n) is 6.85. The lowest BCUT2D eigenvalue weighted by Gasteiger charge is -2.04. The van der Waals surface area contributed by atoms with Gasteiger partial charge in [-0.25, -0.2) is 0 Å². The zero-order valence-corrected chi connectivity index (χ0v) is 8.43. The van der Waals surface area contributed by atoms with Gasteiger partial charge in [-0.05, 0) is 19.3 Å². The van der Waals surface area contributed by atoms with Crippen molar-refractivity contribution in [3.8, 4) is 0 Å². The van der Waals surface area contributed by atoms with Crippen LogP contribution in [0.5, 0.6) is 0 Å². The van der Waals surface area contributed by atoms with E-state index in [1.165, 1.54) is 0 Å². The summed E-state index contributed by atoms with van der Waals surface area (Å²) in [7, 11) is 0. The average molecular weight is 223 g/mol. The van der Waals surface area contributed by atoms with Gasteiger partial charge in [0.2, 0.25) is 0 Å². The molecule has 0 aliphatic heterocycles. The standard InChI is InChI=1S/C8H15BrO2/c1-2-7(9)5-3-4-6-8(10)11/h7H,2-6H2,1H3,(H,10,11). The predicted octanol–water partition coefficient (Wildman–Crippen LogP) is 2.80. The van der Waals surface area contributed by atoms with Gasteiger partial charge in [0.05, 0.1) is 0 Å². The van der Waals surface area contributed by atoms with Crippen molar-refractivity contribution in [3.05, 3.63) is 0 Å². The van der Waals surface area contributed by atoms with Gasteiger partial charge in [-0.2, -0.15) is 0 Å². The topological polar surface area (TPSA) is 37.3 Å². The molecule has 0 aliphatic rings. The zero-order chi connectivity index (χ0) is 8.69. The summed E-state index contributed by atoms with van der Waals surface area (Å²) in [5.74, 6) is -0.687. The van der Waals surface area contributed by atoms with Gasteiger partial charge in [-0.3, -0.25) is 4.79 Å². The van der Waals surface area contributed by atoms with Crippen molar-refractivity contribution >= 4 is 21.9 Å². The number of hydrogen-bond donors (Lipinski definition) is 1. The molecule has 2 nitrogen and oxygen atoms in total. The smallest absolute Gasteiger partial charge is 0.303 e. The van der Waals surface area contributed by atoms with Crippen LogP contribution in [0.3, 0.4) is 0 Å². The molecule has 0 radical (unpaired) electrons. The van der Waals surface area contributed by atoms with Crippen LogP contribution < -0.4 is 0 Å². The maximum absolute atomic E-state index is 10.1. The number of carboxylic acids is 1. The number of halogens is 1. The summed E-state index contributed by atoms with van der Waals surface area (Å²) in [6.07, 6.45) is 4.33. The molecule has 66 valence electrons. The highest BCUT2D eigenvalue weighted by atomic mass is 79.9. The molecule has 0 aliphatic carbocycles. The SMILES string of the molecule is CCC(Br)CCCCC(=O)O. The molecule has 0 saturated carbocycles. The second kappa shape index (κ2) is 6.65. The highest BCUT2D eigenvalue weighted by Crippen LogP contribution is 2.13. The van der Waals surface area contributed by atoms with Crippen molar-refractivity contribution in [2.24, 2.45) is 0 Å². The normalized spacial score (nSPS) is 12.9. The van der Waals surface area contributed by atoms with Crippen LogP contribution in [0.15, 0.2) is 0 Å². The Morgan fingerprint density at radius 1 is 1.55 bits per heavy atom. The minimum atomic E-state index is -0.687. The van der Waals surface area contributed by atoms with Gasteiger partial charge in [0.15, 0.2) is 0 Å². The average Bonchev–Trinajstić information content (AvgIpc) is 1.97. The first-order valence-electron chi connectivity index (χ1n) is 4.02. The monoisotopic (exact) mass is 222 g/mol. The fourth-order valence-electron chi connectivity index (χ4n) is 0.846. The molecular formula is C8H15BrO2. The molecule has 0 bridgehead atoms. The van der Waals surface area contributed by atoms with Gasteiger partial charge in [0, 0.05) is 11.2 Å². The van der Waals surface area contributed by atoms with E-state index in [-0.39, 0.29) is 0 Å². The molecule has 0 amide bonds. The summed E-state index contributed by atoms with van der Waals surface area (Å²) in [5.41, 5.74) is 0. The van der Waals surface area contributed by atoms with Gasteiger partial charge in [-0.1, -0.05) is 29.3 Å². The molecule has 0 rings (SSSR count). The summed E-state index contributed by atoms with van der Waals surface area (Å²) in [4.78, 5) is 10.7. The Morgan fingerprint density at radius 3 is 2.64 bits per heavy atom.